The van der Waals surface area contributed by atoms with Gasteiger partial charge in [0, 0.05) is 23.8 Å². The first-order valence-electron chi connectivity index (χ1n) is 8.75. The predicted molar refractivity (Wildman–Crippen MR) is 107 cm³/mol. The van der Waals surface area contributed by atoms with Crippen LogP contribution in [0.3, 0.4) is 0 Å². The Kier molecular flexibility index (Phi) is 5.66. The van der Waals surface area contributed by atoms with Crippen LogP contribution >= 0.6 is 0 Å². The maximum absolute atomic E-state index is 12.3. The number of ether oxygens (including phenoxy) is 1. The first-order valence-corrected chi connectivity index (χ1v) is 8.75. The fourth-order valence-corrected chi connectivity index (χ4v) is 2.59. The van der Waals surface area contributed by atoms with Gasteiger partial charge in [0.2, 0.25) is 5.95 Å². The lowest BCUT2D eigenvalue weighted by Crippen LogP contribution is -2.13. The van der Waals surface area contributed by atoms with Crippen LogP contribution in [0.1, 0.15) is 28.4 Å². The molecule has 3 aromatic rings. The van der Waals surface area contributed by atoms with E-state index in [1.54, 1.807) is 12.1 Å². The highest BCUT2D eigenvalue weighted by Crippen LogP contribution is 2.20. The van der Waals surface area contributed by atoms with Crippen molar-refractivity contribution in [3.05, 3.63) is 71.5 Å². The number of nitrogens with zero attached hydrogens (tertiary/aromatic N) is 2. The third-order valence-corrected chi connectivity index (χ3v) is 3.97. The van der Waals surface area contributed by atoms with E-state index in [1.165, 1.54) is 18.0 Å². The monoisotopic (exact) mass is 362 g/mol. The number of benzene rings is 2. The van der Waals surface area contributed by atoms with Crippen LogP contribution in [0.5, 0.6) is 5.75 Å². The molecular formula is C21H22N4O2. The molecule has 1 aromatic heterocycles. The molecule has 0 saturated carbocycles. The number of nitrogens with one attached hydrogen (secondary N) is 2. The van der Waals surface area contributed by atoms with Crippen molar-refractivity contribution in [1.29, 1.82) is 0 Å². The van der Waals surface area contributed by atoms with E-state index >= 15 is 0 Å². The van der Waals surface area contributed by atoms with Crippen molar-refractivity contribution in [2.24, 2.45) is 0 Å². The van der Waals surface area contributed by atoms with Gasteiger partial charge in [0.1, 0.15) is 5.75 Å². The van der Waals surface area contributed by atoms with Gasteiger partial charge >= 0.3 is 0 Å². The molecule has 0 aliphatic heterocycles. The highest BCUT2D eigenvalue weighted by molar-refractivity contribution is 6.03. The minimum atomic E-state index is -0.266. The van der Waals surface area contributed by atoms with Gasteiger partial charge in [-0.2, -0.15) is 0 Å². The van der Waals surface area contributed by atoms with Gasteiger partial charge < -0.3 is 15.4 Å². The number of amides is 1. The van der Waals surface area contributed by atoms with Crippen molar-refractivity contribution < 1.29 is 9.53 Å². The Morgan fingerprint density at radius 2 is 1.74 bits per heavy atom. The highest BCUT2D eigenvalue weighted by atomic mass is 16.5. The third kappa shape index (κ3) is 4.82. The van der Waals surface area contributed by atoms with Crippen LogP contribution in [0.25, 0.3) is 0 Å². The van der Waals surface area contributed by atoms with E-state index < -0.39 is 0 Å². The molecule has 0 spiro atoms. The van der Waals surface area contributed by atoms with Crippen LogP contribution in [0.4, 0.5) is 17.3 Å². The average molecular weight is 362 g/mol. The lowest BCUT2D eigenvalue weighted by atomic mass is 10.1. The molecule has 2 aromatic carbocycles. The van der Waals surface area contributed by atoms with Crippen molar-refractivity contribution in [3.8, 4) is 5.75 Å². The van der Waals surface area contributed by atoms with Gasteiger partial charge in [-0.15, -0.1) is 0 Å². The molecule has 0 aliphatic rings. The first-order chi connectivity index (χ1) is 13.0. The third-order valence-electron chi connectivity index (χ3n) is 3.97. The van der Waals surface area contributed by atoms with Gasteiger partial charge in [-0.3, -0.25) is 4.79 Å². The number of carbonyl (C=O) groups excluding carboxylic acids is 1. The second kappa shape index (κ2) is 8.31. The lowest BCUT2D eigenvalue weighted by molar-refractivity contribution is 0.102. The summed E-state index contributed by atoms with van der Waals surface area (Å²) in [7, 11) is 0. The fourth-order valence-electron chi connectivity index (χ4n) is 2.59. The van der Waals surface area contributed by atoms with Gasteiger partial charge in [-0.1, -0.05) is 17.7 Å². The fraction of sp³-hybridized carbons (Fsp3) is 0.190. The Labute approximate surface area is 158 Å². The van der Waals surface area contributed by atoms with Gasteiger partial charge in [-0.25, -0.2) is 9.97 Å². The maximum atomic E-state index is 12.3. The zero-order valence-corrected chi connectivity index (χ0v) is 15.6. The summed E-state index contributed by atoms with van der Waals surface area (Å²) in [5, 5.41) is 5.98. The molecule has 6 heteroatoms. The molecule has 1 heterocycles. The van der Waals surface area contributed by atoms with Crippen molar-refractivity contribution in [3.63, 3.8) is 0 Å². The summed E-state index contributed by atoms with van der Waals surface area (Å²) in [5.74, 6) is 0.942. The van der Waals surface area contributed by atoms with Crippen molar-refractivity contribution >= 4 is 23.2 Å². The van der Waals surface area contributed by atoms with E-state index in [2.05, 4.69) is 26.7 Å². The molecule has 1 amide bonds. The molecule has 3 rings (SSSR count). The minimum Gasteiger partial charge on any atom is -0.494 e. The summed E-state index contributed by atoms with van der Waals surface area (Å²) in [6.07, 6.45) is 3.01. The number of hydrogen-bond donors (Lipinski definition) is 2. The second-order valence-corrected chi connectivity index (χ2v) is 6.15. The van der Waals surface area contributed by atoms with Crippen molar-refractivity contribution in [1.82, 2.24) is 9.97 Å². The summed E-state index contributed by atoms with van der Waals surface area (Å²) in [4.78, 5) is 20.8. The van der Waals surface area contributed by atoms with Gasteiger partial charge in [0.15, 0.2) is 0 Å². The largest absolute Gasteiger partial charge is 0.494 e. The van der Waals surface area contributed by atoms with Crippen molar-refractivity contribution in [2.45, 2.75) is 20.8 Å². The molecule has 2 N–H and O–H groups in total. The molecule has 0 atom stereocenters. The highest BCUT2D eigenvalue weighted by Gasteiger charge is 2.09. The molecular weight excluding hydrogens is 340 g/mol. The Morgan fingerprint density at radius 3 is 2.37 bits per heavy atom. The topological polar surface area (TPSA) is 76.1 Å². The lowest BCUT2D eigenvalue weighted by Gasteiger charge is -2.09. The number of rotatable bonds is 6. The Balaban J connectivity index is 1.64. The van der Waals surface area contributed by atoms with Crippen LogP contribution in [0, 0.1) is 13.8 Å². The second-order valence-electron chi connectivity index (χ2n) is 6.15. The average Bonchev–Trinajstić information content (AvgIpc) is 2.66. The number of carbonyl (C=O) groups is 1. The van der Waals surface area contributed by atoms with E-state index in [4.69, 9.17) is 4.74 Å². The predicted octanol–water partition coefficient (Wildman–Crippen LogP) is 4.49. The molecule has 6 nitrogen and oxygen atoms in total. The standard InChI is InChI=1S/C21H22N4O2/c1-4-27-18-8-6-17(7-9-18)24-20(26)16-12-22-21(23-13-16)25-19-10-5-14(2)11-15(19)3/h5-13H,4H2,1-3H3,(H,24,26)(H,22,23,25). The van der Waals surface area contributed by atoms with E-state index in [9.17, 15) is 4.79 Å². The van der Waals surface area contributed by atoms with Gasteiger partial charge in [0.25, 0.3) is 5.91 Å². The number of hydrogen-bond acceptors (Lipinski definition) is 5. The normalized spacial score (nSPS) is 10.3. The molecule has 0 saturated heterocycles. The molecule has 0 radical (unpaired) electrons. The SMILES string of the molecule is CCOc1ccc(NC(=O)c2cnc(Nc3ccc(C)cc3C)nc2)cc1. The van der Waals surface area contributed by atoms with Crippen LogP contribution in [0.2, 0.25) is 0 Å². The van der Waals surface area contributed by atoms with Gasteiger partial charge in [0.05, 0.1) is 12.2 Å². The van der Waals surface area contributed by atoms with Gasteiger partial charge in [-0.05, 0) is 56.7 Å². The van der Waals surface area contributed by atoms with E-state index in [1.807, 2.05) is 45.0 Å². The quantitative estimate of drug-likeness (QED) is 0.676. The van der Waals surface area contributed by atoms with Crippen LogP contribution in [-0.4, -0.2) is 22.5 Å². The Hall–Kier alpha value is -3.41. The Bertz CT molecular complexity index is 922. The number of anilines is 3. The summed E-state index contributed by atoms with van der Waals surface area (Å²) >= 11 is 0. The molecule has 27 heavy (non-hydrogen) atoms. The molecule has 0 unspecified atom stereocenters. The maximum Gasteiger partial charge on any atom is 0.258 e. The van der Waals surface area contributed by atoms with E-state index in [0.717, 1.165) is 17.0 Å². The first kappa shape index (κ1) is 18.4. The molecule has 0 aliphatic carbocycles. The zero-order chi connectivity index (χ0) is 19.2. The zero-order valence-electron chi connectivity index (χ0n) is 15.6. The van der Waals surface area contributed by atoms with E-state index in [-0.39, 0.29) is 5.91 Å². The van der Waals surface area contributed by atoms with Crippen LogP contribution < -0.4 is 15.4 Å². The smallest absolute Gasteiger partial charge is 0.258 e. The molecule has 0 fully saturated rings. The minimum absolute atomic E-state index is 0.266. The molecule has 138 valence electrons. The molecule has 0 bridgehead atoms. The van der Waals surface area contributed by atoms with E-state index in [0.29, 0.717) is 23.8 Å². The summed E-state index contributed by atoms with van der Waals surface area (Å²) in [5.41, 5.74) is 4.30. The summed E-state index contributed by atoms with van der Waals surface area (Å²) in [6, 6.07) is 13.3. The summed E-state index contributed by atoms with van der Waals surface area (Å²) < 4.78 is 5.39. The number of aryl methyl sites for hydroxylation is 2. The van der Waals surface area contributed by atoms with Crippen molar-refractivity contribution in [2.75, 3.05) is 17.2 Å². The summed E-state index contributed by atoms with van der Waals surface area (Å²) in [6.45, 7) is 6.60. The number of aromatic nitrogens is 2. The van der Waals surface area contributed by atoms with Crippen LogP contribution in [0.15, 0.2) is 54.9 Å². The Morgan fingerprint density at radius 1 is 1.04 bits per heavy atom. The van der Waals surface area contributed by atoms with Crippen LogP contribution in [-0.2, 0) is 0 Å².